The van der Waals surface area contributed by atoms with Gasteiger partial charge in [-0.25, -0.2) is 10.9 Å². The normalized spacial score (nSPS) is 23.5. The largest absolute Gasteiger partial charge is 0.454 e. The van der Waals surface area contributed by atoms with Crippen molar-refractivity contribution in [3.05, 3.63) is 29.8 Å². The maximum atomic E-state index is 11.8. The van der Waals surface area contributed by atoms with E-state index in [0.29, 0.717) is 0 Å². The lowest BCUT2D eigenvalue weighted by atomic mass is 10.1. The number of hydrazone groups is 1. The van der Waals surface area contributed by atoms with Crippen LogP contribution in [0.25, 0.3) is 6.08 Å². The summed E-state index contributed by atoms with van der Waals surface area (Å²) in [5.41, 5.74) is 9.39. The Morgan fingerprint density at radius 1 is 1.36 bits per heavy atom. The smallest absolute Gasteiger partial charge is 0.258 e. The zero-order valence-corrected chi connectivity index (χ0v) is 12.2. The number of hydrogen-bond acceptors (Lipinski definition) is 6. The average molecular weight is 302 g/mol. The van der Waals surface area contributed by atoms with Crippen LogP contribution in [0.2, 0.25) is 0 Å². The van der Waals surface area contributed by atoms with Gasteiger partial charge < -0.3 is 9.47 Å². The van der Waals surface area contributed by atoms with Crippen LogP contribution in [0.1, 0.15) is 18.9 Å². The van der Waals surface area contributed by atoms with Crippen molar-refractivity contribution in [1.29, 1.82) is 0 Å². The lowest BCUT2D eigenvalue weighted by molar-refractivity contribution is -0.122. The van der Waals surface area contributed by atoms with Crippen LogP contribution in [0.4, 0.5) is 0 Å². The van der Waals surface area contributed by atoms with Gasteiger partial charge >= 0.3 is 0 Å². The van der Waals surface area contributed by atoms with Crippen molar-refractivity contribution in [1.82, 2.24) is 16.3 Å². The fraction of sp³-hybridized carbons (Fsp3) is 0.333. The average Bonchev–Trinajstić information content (AvgIpc) is 3.14. The van der Waals surface area contributed by atoms with Crippen molar-refractivity contribution in [2.24, 2.45) is 5.10 Å². The Morgan fingerprint density at radius 2 is 2.23 bits per heavy atom. The quantitative estimate of drug-likeness (QED) is 0.565. The number of amides is 1. The second kappa shape index (κ2) is 6.59. The lowest BCUT2D eigenvalue weighted by Gasteiger charge is -2.05. The van der Waals surface area contributed by atoms with E-state index < -0.39 is 0 Å². The Morgan fingerprint density at radius 3 is 3.05 bits per heavy atom. The van der Waals surface area contributed by atoms with Gasteiger partial charge in [-0.05, 0) is 37.1 Å². The van der Waals surface area contributed by atoms with Crippen molar-refractivity contribution in [3.63, 3.8) is 0 Å². The van der Waals surface area contributed by atoms with Gasteiger partial charge in [0.1, 0.15) is 6.04 Å². The monoisotopic (exact) mass is 302 g/mol. The van der Waals surface area contributed by atoms with Crippen LogP contribution in [0, 0.1) is 0 Å². The molecule has 1 aromatic carbocycles. The Kier molecular flexibility index (Phi) is 4.36. The van der Waals surface area contributed by atoms with E-state index in [1.54, 1.807) is 6.08 Å². The summed E-state index contributed by atoms with van der Waals surface area (Å²) in [4.78, 5) is 11.8. The molecule has 7 nitrogen and oxygen atoms in total. The summed E-state index contributed by atoms with van der Waals surface area (Å²) < 4.78 is 10.6. The fourth-order valence-electron chi connectivity index (χ4n) is 2.28. The molecule has 3 rings (SSSR count). The fourth-order valence-corrected chi connectivity index (χ4v) is 2.28. The van der Waals surface area contributed by atoms with Crippen LogP contribution < -0.4 is 25.8 Å². The van der Waals surface area contributed by atoms with Gasteiger partial charge in [0.15, 0.2) is 11.5 Å². The Bertz CT molecular complexity index is 615. The van der Waals surface area contributed by atoms with Gasteiger partial charge in [0.25, 0.3) is 5.91 Å². The number of carbonyl (C=O) groups excluding carboxylic acids is 1. The van der Waals surface area contributed by atoms with E-state index in [0.717, 1.165) is 23.5 Å². The first-order valence-electron chi connectivity index (χ1n) is 7.12. The topological polar surface area (TPSA) is 84.0 Å². The third-order valence-corrected chi connectivity index (χ3v) is 3.43. The number of hydrazine groups is 1. The first kappa shape index (κ1) is 14.6. The van der Waals surface area contributed by atoms with E-state index in [-0.39, 0.29) is 24.8 Å². The third kappa shape index (κ3) is 3.44. The van der Waals surface area contributed by atoms with E-state index in [4.69, 9.17) is 9.47 Å². The van der Waals surface area contributed by atoms with Crippen LogP contribution in [-0.2, 0) is 4.79 Å². The number of benzene rings is 1. The molecule has 7 heteroatoms. The number of hydrogen-bond donors (Lipinski definition) is 3. The molecule has 0 radical (unpaired) electrons. The molecular formula is C15H18N4O3. The number of carbonyl (C=O) groups is 1. The summed E-state index contributed by atoms with van der Waals surface area (Å²) in [7, 11) is 0. The number of nitrogens with zero attached hydrogens (tertiary/aromatic N) is 1. The summed E-state index contributed by atoms with van der Waals surface area (Å²) in [5, 5.41) is 3.89. The molecule has 22 heavy (non-hydrogen) atoms. The summed E-state index contributed by atoms with van der Waals surface area (Å²) in [5.74, 6) is 1.34. The number of fused-ring (bicyclic) bond motifs is 1. The van der Waals surface area contributed by atoms with E-state index in [9.17, 15) is 4.79 Å². The zero-order valence-electron chi connectivity index (χ0n) is 12.2. The van der Waals surface area contributed by atoms with Gasteiger partial charge in [0.2, 0.25) is 6.79 Å². The minimum absolute atomic E-state index is 0.149. The molecule has 0 spiro atoms. The molecule has 1 amide bonds. The first-order valence-corrected chi connectivity index (χ1v) is 7.12. The predicted molar refractivity (Wildman–Crippen MR) is 82.4 cm³/mol. The Hall–Kier alpha value is -2.38. The number of allylic oxidation sites excluding steroid dienone is 1. The van der Waals surface area contributed by atoms with Gasteiger partial charge in [-0.3, -0.25) is 10.2 Å². The molecule has 0 bridgehead atoms. The molecule has 1 fully saturated rings. The van der Waals surface area contributed by atoms with Crippen LogP contribution in [0.3, 0.4) is 0 Å². The van der Waals surface area contributed by atoms with E-state index in [1.807, 2.05) is 31.2 Å². The molecule has 1 aromatic rings. The molecule has 2 heterocycles. The van der Waals surface area contributed by atoms with Crippen LogP contribution in [0.5, 0.6) is 11.5 Å². The summed E-state index contributed by atoms with van der Waals surface area (Å²) >= 11 is 0. The van der Waals surface area contributed by atoms with Crippen molar-refractivity contribution >= 4 is 18.2 Å². The van der Waals surface area contributed by atoms with Gasteiger partial charge in [0, 0.05) is 12.3 Å². The molecular weight excluding hydrogens is 284 g/mol. The molecule has 2 aliphatic rings. The van der Waals surface area contributed by atoms with E-state index in [1.165, 1.54) is 6.21 Å². The van der Waals surface area contributed by atoms with Crippen LogP contribution >= 0.6 is 0 Å². The van der Waals surface area contributed by atoms with Gasteiger partial charge in [-0.1, -0.05) is 12.1 Å². The van der Waals surface area contributed by atoms with Crippen LogP contribution in [0.15, 0.2) is 29.4 Å². The Balaban J connectivity index is 1.48. The number of ether oxygens (including phenoxy) is 2. The minimum Gasteiger partial charge on any atom is -0.454 e. The highest BCUT2D eigenvalue weighted by Crippen LogP contribution is 2.32. The highest BCUT2D eigenvalue weighted by atomic mass is 16.7. The maximum Gasteiger partial charge on any atom is 0.258 e. The number of nitrogens with one attached hydrogen (secondary N) is 3. The standard InChI is InChI=1S/C15H18N4O3/c1-10-7-12(18-17-10)15(20)19-16-6-2-3-11-4-5-13-14(8-11)22-9-21-13/h2-6,8,10,12,17-18H,7,9H2,1H3,(H,19,20)/b3-2+,16-6+. The molecule has 116 valence electrons. The highest BCUT2D eigenvalue weighted by molar-refractivity contribution is 5.84. The molecule has 0 aliphatic carbocycles. The van der Waals surface area contributed by atoms with Crippen LogP contribution in [-0.4, -0.2) is 31.0 Å². The molecule has 2 atom stereocenters. The van der Waals surface area contributed by atoms with Crippen molar-refractivity contribution < 1.29 is 14.3 Å². The molecule has 3 N–H and O–H groups in total. The van der Waals surface area contributed by atoms with Crippen molar-refractivity contribution in [3.8, 4) is 11.5 Å². The van der Waals surface area contributed by atoms with E-state index in [2.05, 4.69) is 21.4 Å². The zero-order chi connectivity index (χ0) is 15.4. The first-order chi connectivity index (χ1) is 10.7. The van der Waals surface area contributed by atoms with Gasteiger partial charge in [0.05, 0.1) is 0 Å². The van der Waals surface area contributed by atoms with E-state index >= 15 is 0 Å². The van der Waals surface area contributed by atoms with Crippen molar-refractivity contribution in [2.75, 3.05) is 6.79 Å². The minimum atomic E-state index is -0.245. The Labute approximate surface area is 128 Å². The SMILES string of the molecule is CC1CC(C(=O)N/N=C/C=C/c2ccc3c(c2)OCO3)NN1. The lowest BCUT2D eigenvalue weighted by Crippen LogP contribution is -2.41. The molecule has 0 aromatic heterocycles. The van der Waals surface area contributed by atoms with Crippen molar-refractivity contribution in [2.45, 2.75) is 25.4 Å². The molecule has 1 saturated heterocycles. The molecule has 2 unspecified atom stereocenters. The second-order valence-electron chi connectivity index (χ2n) is 5.20. The van der Waals surface area contributed by atoms with Gasteiger partial charge in [-0.2, -0.15) is 5.10 Å². The summed E-state index contributed by atoms with van der Waals surface area (Å²) in [6.07, 6.45) is 5.90. The van der Waals surface area contributed by atoms with Gasteiger partial charge in [-0.15, -0.1) is 0 Å². The third-order valence-electron chi connectivity index (χ3n) is 3.43. The molecule has 2 aliphatic heterocycles. The highest BCUT2D eigenvalue weighted by Gasteiger charge is 2.26. The predicted octanol–water partition coefficient (Wildman–Crippen LogP) is 0.785. The summed E-state index contributed by atoms with van der Waals surface area (Å²) in [6, 6.07) is 5.71. The second-order valence-corrected chi connectivity index (χ2v) is 5.20. The summed E-state index contributed by atoms with van der Waals surface area (Å²) in [6.45, 7) is 2.27. The number of rotatable bonds is 4. The molecule has 0 saturated carbocycles. The maximum absolute atomic E-state index is 11.8.